The minimum atomic E-state index is -0.0701. The van der Waals surface area contributed by atoms with Crippen LogP contribution in [0.5, 0.6) is 0 Å². The molecule has 1 aromatic rings. The van der Waals surface area contributed by atoms with E-state index >= 15 is 0 Å². The summed E-state index contributed by atoms with van der Waals surface area (Å²) in [5.41, 5.74) is 9.34. The molecule has 0 saturated heterocycles. The zero-order valence-corrected chi connectivity index (χ0v) is 18.7. The molecule has 0 bridgehead atoms. The average molecular weight is 386 g/mol. The fourth-order valence-corrected chi connectivity index (χ4v) is 3.83. The van der Waals surface area contributed by atoms with Crippen molar-refractivity contribution in [1.82, 2.24) is 4.98 Å². The Labute approximate surface area is 171 Å². The van der Waals surface area contributed by atoms with Gasteiger partial charge in [0.2, 0.25) is 0 Å². The zero-order chi connectivity index (χ0) is 20.8. The van der Waals surface area contributed by atoms with Gasteiger partial charge in [0.15, 0.2) is 0 Å². The molecule has 1 fully saturated rings. The van der Waals surface area contributed by atoms with Crippen LogP contribution in [0, 0.1) is 23.7 Å². The van der Waals surface area contributed by atoms with E-state index in [-0.39, 0.29) is 11.8 Å². The number of nitrogens with zero attached hydrogens (tertiary/aromatic N) is 2. The maximum atomic E-state index is 12.9. The highest BCUT2D eigenvalue weighted by atomic mass is 16.1. The Morgan fingerprint density at radius 3 is 2.43 bits per heavy atom. The quantitative estimate of drug-likeness (QED) is 0.428. The minimum Gasteiger partial charge on any atom is -0.383 e. The molecule has 28 heavy (non-hydrogen) atoms. The Hall–Kier alpha value is -1.71. The van der Waals surface area contributed by atoms with Crippen molar-refractivity contribution in [2.75, 3.05) is 0 Å². The summed E-state index contributed by atoms with van der Waals surface area (Å²) in [6.07, 6.45) is 5.96. The van der Waals surface area contributed by atoms with Gasteiger partial charge in [0, 0.05) is 23.1 Å². The zero-order valence-electron chi connectivity index (χ0n) is 18.7. The van der Waals surface area contributed by atoms with Crippen LogP contribution >= 0.6 is 0 Å². The second-order valence-corrected chi connectivity index (χ2v) is 9.44. The summed E-state index contributed by atoms with van der Waals surface area (Å²) >= 11 is 0. The topological polar surface area (TPSA) is 68.3 Å². The summed E-state index contributed by atoms with van der Waals surface area (Å²) in [5, 5.41) is 0. The molecule has 0 aliphatic heterocycles. The molecule has 3 atom stereocenters. The molecule has 4 heteroatoms. The number of aliphatic imine (C=N–C) groups is 1. The van der Waals surface area contributed by atoms with Gasteiger partial charge in [0.25, 0.3) is 5.91 Å². The van der Waals surface area contributed by atoms with Crippen LogP contribution in [0.15, 0.2) is 17.1 Å². The lowest BCUT2D eigenvalue weighted by Gasteiger charge is -2.17. The minimum absolute atomic E-state index is 0.0448. The van der Waals surface area contributed by atoms with Gasteiger partial charge in [-0.25, -0.2) is 0 Å². The number of rotatable bonds is 10. The van der Waals surface area contributed by atoms with E-state index in [9.17, 15) is 4.79 Å². The van der Waals surface area contributed by atoms with Crippen LogP contribution in [-0.4, -0.2) is 16.7 Å². The Balaban J connectivity index is 2.25. The van der Waals surface area contributed by atoms with E-state index in [1.165, 1.54) is 0 Å². The molecule has 1 aliphatic rings. The number of amides is 1. The maximum Gasteiger partial charge on any atom is 0.250 e. The van der Waals surface area contributed by atoms with Crippen LogP contribution in [-0.2, 0) is 11.2 Å². The first-order valence-corrected chi connectivity index (χ1v) is 11.1. The average Bonchev–Trinajstić information content (AvgIpc) is 3.34. The van der Waals surface area contributed by atoms with E-state index in [2.05, 4.69) is 46.5 Å². The van der Waals surface area contributed by atoms with E-state index in [0.717, 1.165) is 55.5 Å². The first-order valence-electron chi connectivity index (χ1n) is 11.1. The Morgan fingerprint density at radius 1 is 1.21 bits per heavy atom. The van der Waals surface area contributed by atoms with Gasteiger partial charge in [0.05, 0.1) is 5.69 Å². The first-order chi connectivity index (χ1) is 13.2. The lowest BCUT2D eigenvalue weighted by molar-refractivity contribution is -0.122. The van der Waals surface area contributed by atoms with Gasteiger partial charge in [0.1, 0.15) is 5.84 Å². The van der Waals surface area contributed by atoms with Crippen LogP contribution < -0.4 is 5.73 Å². The highest BCUT2D eigenvalue weighted by molar-refractivity contribution is 6.05. The standard InChI is InChI=1S/C24H39N3O/c1-7-8-19-11-12-20(22(26-19)21-14-17(21)6)23(25)27-24(28)18(13-16(4)5)10-9-15(2)3/h11-12,15-18,21H,7-10,13-14H2,1-6H3,(H2,25,27,28). The highest BCUT2D eigenvalue weighted by Crippen LogP contribution is 2.47. The molecule has 0 aromatic carbocycles. The lowest BCUT2D eigenvalue weighted by Crippen LogP contribution is -2.23. The third-order valence-electron chi connectivity index (χ3n) is 5.65. The normalized spacial score (nSPS) is 20.6. The number of hydrogen-bond acceptors (Lipinski definition) is 2. The smallest absolute Gasteiger partial charge is 0.250 e. The van der Waals surface area contributed by atoms with Gasteiger partial charge in [-0.2, -0.15) is 4.99 Å². The van der Waals surface area contributed by atoms with E-state index in [1.807, 2.05) is 12.1 Å². The third-order valence-corrected chi connectivity index (χ3v) is 5.65. The Morgan fingerprint density at radius 2 is 1.89 bits per heavy atom. The van der Waals surface area contributed by atoms with Crippen LogP contribution in [0.25, 0.3) is 0 Å². The summed E-state index contributed by atoms with van der Waals surface area (Å²) in [5.74, 6) is 2.36. The lowest BCUT2D eigenvalue weighted by atomic mass is 9.90. The largest absolute Gasteiger partial charge is 0.383 e. The number of pyridine rings is 1. The van der Waals surface area contributed by atoms with Gasteiger partial charge in [-0.3, -0.25) is 9.78 Å². The van der Waals surface area contributed by atoms with Gasteiger partial charge in [-0.15, -0.1) is 0 Å². The fourth-order valence-electron chi connectivity index (χ4n) is 3.83. The van der Waals surface area contributed by atoms with Crippen molar-refractivity contribution in [2.24, 2.45) is 34.4 Å². The summed E-state index contributed by atoms with van der Waals surface area (Å²) in [6.45, 7) is 13.1. The van der Waals surface area contributed by atoms with Gasteiger partial charge < -0.3 is 5.73 Å². The van der Waals surface area contributed by atoms with Crippen molar-refractivity contribution in [1.29, 1.82) is 0 Å². The van der Waals surface area contributed by atoms with Crippen LogP contribution in [0.4, 0.5) is 0 Å². The molecule has 0 spiro atoms. The predicted molar refractivity (Wildman–Crippen MR) is 118 cm³/mol. The van der Waals surface area contributed by atoms with E-state index in [1.54, 1.807) is 0 Å². The molecule has 1 amide bonds. The van der Waals surface area contributed by atoms with E-state index in [4.69, 9.17) is 10.7 Å². The molecule has 0 radical (unpaired) electrons. The molecular formula is C24H39N3O. The molecule has 1 aromatic heterocycles. The van der Waals surface area contributed by atoms with Crippen molar-refractivity contribution in [3.63, 3.8) is 0 Å². The summed E-state index contributed by atoms with van der Waals surface area (Å²) in [7, 11) is 0. The van der Waals surface area contributed by atoms with Crippen molar-refractivity contribution in [3.8, 4) is 0 Å². The predicted octanol–water partition coefficient (Wildman–Crippen LogP) is 5.49. The molecule has 1 saturated carbocycles. The Bertz CT molecular complexity index is 693. The van der Waals surface area contributed by atoms with E-state index < -0.39 is 0 Å². The second-order valence-electron chi connectivity index (χ2n) is 9.44. The highest BCUT2D eigenvalue weighted by Gasteiger charge is 2.37. The van der Waals surface area contributed by atoms with Crippen LogP contribution in [0.2, 0.25) is 0 Å². The molecule has 4 nitrogen and oxygen atoms in total. The van der Waals surface area contributed by atoms with Crippen molar-refractivity contribution < 1.29 is 4.79 Å². The second kappa shape index (κ2) is 10.2. The van der Waals surface area contributed by atoms with Crippen molar-refractivity contribution in [3.05, 3.63) is 29.1 Å². The molecule has 156 valence electrons. The molecule has 3 unspecified atom stereocenters. The number of aromatic nitrogens is 1. The van der Waals surface area contributed by atoms with Crippen LogP contribution in [0.3, 0.4) is 0 Å². The first kappa shape index (κ1) is 22.6. The van der Waals surface area contributed by atoms with Crippen LogP contribution in [0.1, 0.15) is 96.5 Å². The van der Waals surface area contributed by atoms with E-state index in [0.29, 0.717) is 29.5 Å². The molecule has 1 aliphatic carbocycles. The maximum absolute atomic E-state index is 12.9. The number of amidine groups is 1. The molecule has 2 rings (SSSR count). The number of carbonyl (C=O) groups is 1. The summed E-state index contributed by atoms with van der Waals surface area (Å²) in [4.78, 5) is 22.2. The third kappa shape index (κ3) is 6.42. The van der Waals surface area contributed by atoms with Gasteiger partial charge in [-0.05, 0) is 55.6 Å². The number of aryl methyl sites for hydroxylation is 1. The summed E-state index contributed by atoms with van der Waals surface area (Å²) < 4.78 is 0. The SMILES string of the molecule is CCCc1ccc(C(N)=NC(=O)C(CCC(C)C)CC(C)C)c(C2CC2C)n1. The molecule has 2 N–H and O–H groups in total. The number of carbonyl (C=O) groups excluding carboxylic acids is 1. The van der Waals surface area contributed by atoms with Gasteiger partial charge in [-0.1, -0.05) is 54.4 Å². The van der Waals surface area contributed by atoms with Crippen molar-refractivity contribution in [2.45, 2.75) is 86.0 Å². The molecular weight excluding hydrogens is 346 g/mol. The fraction of sp³-hybridized carbons (Fsp3) is 0.708. The Kier molecular flexibility index (Phi) is 8.21. The monoisotopic (exact) mass is 385 g/mol. The summed E-state index contributed by atoms with van der Waals surface area (Å²) in [6, 6.07) is 4.06. The van der Waals surface area contributed by atoms with Crippen molar-refractivity contribution >= 4 is 11.7 Å². The molecule has 1 heterocycles. The number of nitrogens with two attached hydrogens (primary N) is 1. The van der Waals surface area contributed by atoms with Gasteiger partial charge >= 0.3 is 0 Å². The number of hydrogen-bond donors (Lipinski definition) is 1.